The quantitative estimate of drug-likeness (QED) is 0.116. The molecule has 1 unspecified atom stereocenters. The van der Waals surface area contributed by atoms with Crippen LogP contribution in [0.15, 0.2) is 83.7 Å². The Morgan fingerprint density at radius 3 is 2.57 bits per heavy atom. The highest BCUT2D eigenvalue weighted by molar-refractivity contribution is 5.92. The van der Waals surface area contributed by atoms with Crippen molar-refractivity contribution in [3.05, 3.63) is 111 Å². The van der Waals surface area contributed by atoms with Crippen LogP contribution < -0.4 is 21.3 Å². The molecule has 1 aromatic heterocycles. The lowest BCUT2D eigenvalue weighted by Gasteiger charge is -2.17. The summed E-state index contributed by atoms with van der Waals surface area (Å²) in [7, 11) is 2.03. The zero-order valence-electron chi connectivity index (χ0n) is 25.5. The molecule has 1 amide bonds. The minimum Gasteiger partial charge on any atom is -0.487 e. The van der Waals surface area contributed by atoms with Gasteiger partial charge in [0, 0.05) is 43.3 Å². The molecule has 0 saturated heterocycles. The zero-order chi connectivity index (χ0) is 31.1. The molecule has 44 heavy (non-hydrogen) atoms. The van der Waals surface area contributed by atoms with Gasteiger partial charge in [0.15, 0.2) is 0 Å². The average Bonchev–Trinajstić information content (AvgIpc) is 3.02. The molecule has 0 aliphatic rings. The van der Waals surface area contributed by atoms with E-state index in [0.717, 1.165) is 74.0 Å². The molecule has 4 aromatic rings. The first-order valence-corrected chi connectivity index (χ1v) is 15.3. The normalized spacial score (nSPS) is 12.1. The number of carbonyl (C=O) groups is 1. The third-order valence-corrected chi connectivity index (χ3v) is 7.50. The highest BCUT2D eigenvalue weighted by Gasteiger charge is 2.15. The molecule has 9 nitrogen and oxygen atoms in total. The van der Waals surface area contributed by atoms with Gasteiger partial charge in [-0.2, -0.15) is 0 Å². The van der Waals surface area contributed by atoms with Crippen LogP contribution in [0.3, 0.4) is 0 Å². The summed E-state index contributed by atoms with van der Waals surface area (Å²) in [6.45, 7) is 4.55. The zero-order valence-corrected chi connectivity index (χ0v) is 25.5. The van der Waals surface area contributed by atoms with Gasteiger partial charge in [-0.3, -0.25) is 14.5 Å². The predicted molar refractivity (Wildman–Crippen MR) is 174 cm³/mol. The summed E-state index contributed by atoms with van der Waals surface area (Å²) in [6, 6.07) is 24.1. The summed E-state index contributed by atoms with van der Waals surface area (Å²) < 4.78 is 11.8. The van der Waals surface area contributed by atoms with Crippen molar-refractivity contribution < 1.29 is 19.4 Å². The molecule has 0 fully saturated rings. The maximum absolute atomic E-state index is 12.1. The summed E-state index contributed by atoms with van der Waals surface area (Å²) in [4.78, 5) is 28.5. The Labute approximate surface area is 259 Å². The van der Waals surface area contributed by atoms with E-state index in [4.69, 9.17) is 15.2 Å². The van der Waals surface area contributed by atoms with E-state index in [1.54, 1.807) is 12.1 Å². The number of aromatic nitrogens is 1. The number of hydrogen-bond acceptors (Lipinski definition) is 7. The van der Waals surface area contributed by atoms with E-state index in [2.05, 4.69) is 15.2 Å². The van der Waals surface area contributed by atoms with E-state index in [1.165, 1.54) is 6.07 Å². The smallest absolute Gasteiger partial charge is 0.248 e. The van der Waals surface area contributed by atoms with E-state index in [1.807, 2.05) is 67.7 Å². The minimum atomic E-state index is -0.717. The van der Waals surface area contributed by atoms with E-state index in [-0.39, 0.29) is 5.56 Å². The van der Waals surface area contributed by atoms with Crippen LogP contribution in [0.1, 0.15) is 58.8 Å². The Balaban J connectivity index is 1.09. The molecule has 1 atom stereocenters. The Hall–Kier alpha value is -4.02. The van der Waals surface area contributed by atoms with E-state index in [9.17, 15) is 14.7 Å². The van der Waals surface area contributed by atoms with Crippen molar-refractivity contribution in [2.24, 2.45) is 5.73 Å². The average molecular weight is 601 g/mol. The number of aromatic amines is 1. The number of likely N-dealkylation sites (N-methyl/N-ethyl adjacent to an activating group) is 1. The van der Waals surface area contributed by atoms with Gasteiger partial charge in [0.25, 0.3) is 0 Å². The molecule has 5 N–H and O–H groups in total. The number of hydrogen-bond donors (Lipinski definition) is 4. The number of carbonyl (C=O) groups excluding carboxylic acids is 1. The minimum absolute atomic E-state index is 0.214. The number of unbranched alkanes of at least 4 members (excludes halogenated alkanes) is 3. The van der Waals surface area contributed by atoms with Gasteiger partial charge in [0.1, 0.15) is 12.4 Å². The van der Waals surface area contributed by atoms with Gasteiger partial charge >= 0.3 is 0 Å². The molecule has 0 bridgehead atoms. The Kier molecular flexibility index (Phi) is 12.9. The molecule has 9 heteroatoms. The summed E-state index contributed by atoms with van der Waals surface area (Å²) in [5.41, 5.74) is 9.11. The SMILES string of the molecule is CN(CCOCCCCCCNCC(O)c1ccc(OCc2ccccc2)c2[nH]c(=O)ccc12)Cc1cccc(C(N)=O)c1. The first-order chi connectivity index (χ1) is 21.4. The summed E-state index contributed by atoms with van der Waals surface area (Å²) in [5, 5.41) is 15.1. The lowest BCUT2D eigenvalue weighted by Crippen LogP contribution is -2.23. The third kappa shape index (κ3) is 10.3. The highest BCUT2D eigenvalue weighted by Crippen LogP contribution is 2.30. The Morgan fingerprint density at radius 1 is 0.955 bits per heavy atom. The van der Waals surface area contributed by atoms with Crippen LogP contribution >= 0.6 is 0 Å². The van der Waals surface area contributed by atoms with Gasteiger partial charge in [0.2, 0.25) is 11.5 Å². The van der Waals surface area contributed by atoms with Crippen molar-refractivity contribution in [2.75, 3.05) is 39.9 Å². The summed E-state index contributed by atoms with van der Waals surface area (Å²) in [5.74, 6) is 0.167. The number of ether oxygens (including phenoxy) is 2. The van der Waals surface area contributed by atoms with Crippen molar-refractivity contribution in [3.8, 4) is 5.75 Å². The molecule has 0 saturated carbocycles. The Morgan fingerprint density at radius 2 is 1.75 bits per heavy atom. The van der Waals surface area contributed by atoms with Gasteiger partial charge in [-0.05, 0) is 67.4 Å². The van der Waals surface area contributed by atoms with Crippen molar-refractivity contribution in [1.29, 1.82) is 0 Å². The first-order valence-electron chi connectivity index (χ1n) is 15.3. The number of nitrogens with zero attached hydrogens (tertiary/aromatic N) is 1. The molecular formula is C35H44N4O5. The number of benzene rings is 3. The highest BCUT2D eigenvalue weighted by atomic mass is 16.5. The second-order valence-corrected chi connectivity index (χ2v) is 11.1. The number of pyridine rings is 1. The number of rotatable bonds is 19. The molecule has 3 aromatic carbocycles. The summed E-state index contributed by atoms with van der Waals surface area (Å²) in [6.07, 6.45) is 3.48. The lowest BCUT2D eigenvalue weighted by atomic mass is 10.0. The molecule has 0 aliphatic carbocycles. The fourth-order valence-corrected chi connectivity index (χ4v) is 5.09. The van der Waals surface area contributed by atoms with Crippen LogP contribution in [0.25, 0.3) is 10.9 Å². The number of H-pyrrole nitrogens is 1. The fourth-order valence-electron chi connectivity index (χ4n) is 5.09. The third-order valence-electron chi connectivity index (χ3n) is 7.50. The van der Waals surface area contributed by atoms with Crippen LogP contribution in [0.2, 0.25) is 0 Å². The van der Waals surface area contributed by atoms with Crippen LogP contribution in [0.5, 0.6) is 5.75 Å². The number of fused-ring (bicyclic) bond motifs is 1. The fraction of sp³-hybridized carbons (Fsp3) is 0.371. The topological polar surface area (TPSA) is 130 Å². The van der Waals surface area contributed by atoms with E-state index >= 15 is 0 Å². The molecule has 0 radical (unpaired) electrons. The predicted octanol–water partition coefficient (Wildman–Crippen LogP) is 4.54. The number of nitrogens with two attached hydrogens (primary N) is 1. The number of primary amides is 1. The lowest BCUT2D eigenvalue weighted by molar-refractivity contribution is 0.0999. The molecule has 234 valence electrons. The molecule has 1 heterocycles. The van der Waals surface area contributed by atoms with Crippen LogP contribution in [-0.2, 0) is 17.9 Å². The molecule has 0 spiro atoms. The maximum Gasteiger partial charge on any atom is 0.248 e. The summed E-state index contributed by atoms with van der Waals surface area (Å²) >= 11 is 0. The van der Waals surface area contributed by atoms with E-state index < -0.39 is 12.0 Å². The number of aliphatic hydroxyl groups excluding tert-OH is 1. The van der Waals surface area contributed by atoms with Gasteiger partial charge < -0.3 is 30.6 Å². The largest absolute Gasteiger partial charge is 0.487 e. The monoisotopic (exact) mass is 600 g/mol. The standard InChI is InChI=1S/C35H44N4O5/c1-39(24-27-12-9-13-28(22-27)35(36)42)19-21-43-20-8-3-2-7-18-37-23-31(40)29-14-16-32(34-30(29)15-17-33(41)38-34)44-25-26-10-5-4-6-11-26/h4-6,9-17,22,31,37,40H,2-3,7-8,18-21,23-25H2,1H3,(H2,36,42)(H,38,41). The second-order valence-electron chi connectivity index (χ2n) is 11.1. The Bertz CT molecular complexity index is 1520. The van der Waals surface area contributed by atoms with Gasteiger partial charge in [-0.15, -0.1) is 0 Å². The second kappa shape index (κ2) is 17.3. The maximum atomic E-state index is 12.1. The van der Waals surface area contributed by atoms with Crippen molar-refractivity contribution >= 4 is 16.8 Å². The van der Waals surface area contributed by atoms with Gasteiger partial charge in [0.05, 0.1) is 18.2 Å². The molecule has 4 rings (SSSR count). The van der Waals surface area contributed by atoms with Crippen molar-refractivity contribution in [3.63, 3.8) is 0 Å². The van der Waals surface area contributed by atoms with E-state index in [0.29, 0.717) is 36.6 Å². The number of nitrogens with one attached hydrogen (secondary N) is 2. The van der Waals surface area contributed by atoms with Gasteiger partial charge in [-0.1, -0.05) is 61.4 Å². The first kappa shape index (κ1) is 32.9. The van der Waals surface area contributed by atoms with Crippen molar-refractivity contribution in [1.82, 2.24) is 15.2 Å². The number of aliphatic hydroxyl groups is 1. The molecule has 0 aliphatic heterocycles. The van der Waals surface area contributed by atoms with Crippen LogP contribution in [-0.4, -0.2) is 60.8 Å². The number of amides is 1. The van der Waals surface area contributed by atoms with Crippen molar-refractivity contribution in [2.45, 2.75) is 44.9 Å². The van der Waals surface area contributed by atoms with Crippen LogP contribution in [0, 0.1) is 0 Å². The van der Waals surface area contributed by atoms with Crippen LogP contribution in [0.4, 0.5) is 0 Å². The molecular weight excluding hydrogens is 556 g/mol. The van der Waals surface area contributed by atoms with Gasteiger partial charge in [-0.25, -0.2) is 0 Å².